The van der Waals surface area contributed by atoms with Gasteiger partial charge in [-0.2, -0.15) is 0 Å². The summed E-state index contributed by atoms with van der Waals surface area (Å²) < 4.78 is 1.55. The molecular weight excluding hydrogens is 308 g/mol. The van der Waals surface area contributed by atoms with Gasteiger partial charge in [0.2, 0.25) is 5.91 Å². The highest BCUT2D eigenvalue weighted by Crippen LogP contribution is 1.98. The summed E-state index contributed by atoms with van der Waals surface area (Å²) in [5.41, 5.74) is -0.343. The molecule has 0 bridgehead atoms. The van der Waals surface area contributed by atoms with Crippen LogP contribution in [0, 0.1) is 4.77 Å². The number of hydrogen-bond acceptors (Lipinski definition) is 6. The Labute approximate surface area is 132 Å². The molecule has 122 valence electrons. The molecule has 8 nitrogen and oxygen atoms in total. The third kappa shape index (κ3) is 5.51. The van der Waals surface area contributed by atoms with Crippen LogP contribution in [0.15, 0.2) is 17.1 Å². The topological polar surface area (TPSA) is 107 Å². The highest BCUT2D eigenvalue weighted by atomic mass is 32.1. The lowest BCUT2D eigenvalue weighted by Gasteiger charge is -2.26. The molecule has 22 heavy (non-hydrogen) atoms. The van der Waals surface area contributed by atoms with Gasteiger partial charge in [-0.05, 0) is 26.2 Å². The number of carbonyl (C=O) groups excluding carboxylic acids is 2. The first-order valence-corrected chi connectivity index (χ1v) is 7.13. The predicted molar refractivity (Wildman–Crippen MR) is 83.1 cm³/mol. The Kier molecular flexibility index (Phi) is 7.09. The molecule has 1 amide bonds. The fourth-order valence-electron chi connectivity index (χ4n) is 1.84. The molecule has 0 aliphatic rings. The number of hydrogen-bond donors (Lipinski definition) is 3. The van der Waals surface area contributed by atoms with Crippen LogP contribution < -0.4 is 10.9 Å². The number of amides is 1. The molecule has 1 aromatic heterocycles. The van der Waals surface area contributed by atoms with Crippen molar-refractivity contribution in [2.45, 2.75) is 19.5 Å². The van der Waals surface area contributed by atoms with Crippen molar-refractivity contribution in [3.05, 3.63) is 27.4 Å². The molecule has 0 saturated carbocycles. The molecule has 0 spiro atoms. The lowest BCUT2D eigenvalue weighted by Crippen LogP contribution is -2.47. The molecule has 1 aromatic rings. The lowest BCUT2D eigenvalue weighted by molar-refractivity contribution is -0.136. The zero-order valence-corrected chi connectivity index (χ0v) is 13.4. The van der Waals surface area contributed by atoms with E-state index in [0.29, 0.717) is 0 Å². The van der Waals surface area contributed by atoms with Crippen molar-refractivity contribution < 1.29 is 14.7 Å². The smallest absolute Gasteiger partial charge is 0.251 e. The van der Waals surface area contributed by atoms with Crippen LogP contribution in [0.5, 0.6) is 0 Å². The monoisotopic (exact) mass is 328 g/mol. The van der Waals surface area contributed by atoms with Gasteiger partial charge >= 0.3 is 0 Å². The number of rotatable bonds is 8. The van der Waals surface area contributed by atoms with Gasteiger partial charge in [-0.15, -0.1) is 0 Å². The number of aromatic amines is 1. The lowest BCUT2D eigenvalue weighted by atomic mass is 10.2. The van der Waals surface area contributed by atoms with E-state index in [9.17, 15) is 19.5 Å². The average Bonchev–Trinajstić information content (AvgIpc) is 2.45. The molecular formula is C13H20N4O4S. The molecule has 0 aliphatic heterocycles. The number of aliphatic hydroxyl groups is 1. The van der Waals surface area contributed by atoms with Gasteiger partial charge < -0.3 is 19.9 Å². The summed E-state index contributed by atoms with van der Waals surface area (Å²) in [6.45, 7) is 1.29. The van der Waals surface area contributed by atoms with Crippen molar-refractivity contribution in [3.8, 4) is 0 Å². The predicted octanol–water partition coefficient (Wildman–Crippen LogP) is -1.10. The molecule has 0 saturated heterocycles. The van der Waals surface area contributed by atoms with Crippen LogP contribution in [-0.4, -0.2) is 64.0 Å². The van der Waals surface area contributed by atoms with Crippen molar-refractivity contribution in [2.75, 3.05) is 26.7 Å². The van der Waals surface area contributed by atoms with Crippen LogP contribution in [0.2, 0.25) is 0 Å². The summed E-state index contributed by atoms with van der Waals surface area (Å²) in [5.74, 6) is -0.488. The third-order valence-electron chi connectivity index (χ3n) is 3.04. The van der Waals surface area contributed by atoms with Gasteiger partial charge in [0, 0.05) is 24.8 Å². The summed E-state index contributed by atoms with van der Waals surface area (Å²) in [6, 6.07) is 0.939. The molecule has 0 aromatic carbocycles. The van der Waals surface area contributed by atoms with Crippen molar-refractivity contribution in [1.82, 2.24) is 19.8 Å². The molecule has 9 heteroatoms. The molecule has 0 fully saturated rings. The Hall–Kier alpha value is -1.84. The molecule has 0 unspecified atom stereocenters. The number of nitrogens with one attached hydrogen (secondary N) is 2. The molecule has 3 N–H and O–H groups in total. The minimum Gasteiger partial charge on any atom is -0.395 e. The van der Waals surface area contributed by atoms with Gasteiger partial charge in [-0.3, -0.25) is 19.4 Å². The maximum absolute atomic E-state index is 12.4. The minimum atomic E-state index is -0.343. The van der Waals surface area contributed by atoms with Gasteiger partial charge in [0.25, 0.3) is 5.56 Å². The Morgan fingerprint density at radius 1 is 1.55 bits per heavy atom. The Morgan fingerprint density at radius 2 is 2.23 bits per heavy atom. The zero-order chi connectivity index (χ0) is 16.7. The van der Waals surface area contributed by atoms with Crippen LogP contribution in [0.4, 0.5) is 0 Å². The number of aliphatic hydroxyl groups excluding tert-OH is 1. The number of likely N-dealkylation sites (N-methyl/N-ethyl adjacent to an activating group) is 1. The number of ketones is 1. The Bertz CT molecular complexity index is 635. The first-order chi connectivity index (χ1) is 10.4. The number of H-pyrrole nitrogens is 1. The minimum absolute atomic E-state index is 0.0479. The van der Waals surface area contributed by atoms with Gasteiger partial charge in [-0.1, -0.05) is 0 Å². The van der Waals surface area contributed by atoms with Crippen LogP contribution in [0.1, 0.15) is 6.92 Å². The largest absolute Gasteiger partial charge is 0.395 e. The van der Waals surface area contributed by atoms with E-state index in [1.165, 1.54) is 28.7 Å². The highest BCUT2D eigenvalue weighted by molar-refractivity contribution is 7.71. The van der Waals surface area contributed by atoms with Crippen molar-refractivity contribution >= 4 is 23.9 Å². The van der Waals surface area contributed by atoms with E-state index in [2.05, 4.69) is 10.3 Å². The third-order valence-corrected chi connectivity index (χ3v) is 3.37. The van der Waals surface area contributed by atoms with E-state index in [-0.39, 0.29) is 54.3 Å². The van der Waals surface area contributed by atoms with Crippen LogP contribution >= 0.6 is 12.2 Å². The zero-order valence-electron chi connectivity index (χ0n) is 12.5. The number of aromatic nitrogens is 2. The van der Waals surface area contributed by atoms with Crippen molar-refractivity contribution in [3.63, 3.8) is 0 Å². The van der Waals surface area contributed by atoms with Crippen molar-refractivity contribution in [2.24, 2.45) is 0 Å². The van der Waals surface area contributed by atoms with E-state index in [4.69, 9.17) is 12.2 Å². The molecule has 0 radical (unpaired) electrons. The first-order valence-electron chi connectivity index (χ1n) is 6.72. The number of carbonyl (C=O) groups is 2. The Morgan fingerprint density at radius 3 is 2.73 bits per heavy atom. The highest BCUT2D eigenvalue weighted by Gasteiger charge is 2.19. The number of nitrogens with zero attached hydrogens (tertiary/aromatic N) is 2. The summed E-state index contributed by atoms with van der Waals surface area (Å²) in [6.07, 6.45) is 1.42. The molecule has 1 atom stereocenters. The fourth-order valence-corrected chi connectivity index (χ4v) is 2.07. The SMILES string of the molecule is CN[C@@H](CO)CN(CC(C)=O)C(=O)Cn1ccc(=O)[nH]c1=S. The summed E-state index contributed by atoms with van der Waals surface area (Å²) in [4.78, 5) is 38.6. The maximum atomic E-state index is 12.4. The second-order valence-electron chi connectivity index (χ2n) is 4.88. The Balaban J connectivity index is 2.88. The summed E-state index contributed by atoms with van der Waals surface area (Å²) >= 11 is 4.98. The van der Waals surface area contributed by atoms with E-state index in [0.717, 1.165) is 0 Å². The molecule has 1 rings (SSSR count). The van der Waals surface area contributed by atoms with E-state index in [1.807, 2.05) is 0 Å². The molecule has 1 heterocycles. The summed E-state index contributed by atoms with van der Waals surface area (Å²) in [5, 5.41) is 12.1. The normalized spacial score (nSPS) is 12.0. The average molecular weight is 328 g/mol. The quantitative estimate of drug-likeness (QED) is 0.523. The second-order valence-corrected chi connectivity index (χ2v) is 5.27. The maximum Gasteiger partial charge on any atom is 0.251 e. The van der Waals surface area contributed by atoms with E-state index < -0.39 is 0 Å². The van der Waals surface area contributed by atoms with Gasteiger partial charge in [0.1, 0.15) is 12.3 Å². The fraction of sp³-hybridized carbons (Fsp3) is 0.538. The summed E-state index contributed by atoms with van der Waals surface area (Å²) in [7, 11) is 1.66. The van der Waals surface area contributed by atoms with E-state index in [1.54, 1.807) is 7.05 Å². The van der Waals surface area contributed by atoms with Gasteiger partial charge in [0.05, 0.1) is 13.2 Å². The number of Topliss-reactive ketones (excluding diaryl/α,β-unsaturated/α-hetero) is 1. The van der Waals surface area contributed by atoms with Crippen LogP contribution in [-0.2, 0) is 16.1 Å². The standard InChI is InChI=1S/C13H20N4O4S/c1-9(19)5-17(6-10(8-18)14-2)12(21)7-16-4-3-11(20)15-13(16)22/h3-4,10,14,18H,5-8H2,1-2H3,(H,15,20,22)/t10-/m1/s1. The van der Waals surface area contributed by atoms with Crippen molar-refractivity contribution in [1.29, 1.82) is 0 Å². The first kappa shape index (κ1) is 18.2. The second kappa shape index (κ2) is 8.57. The van der Waals surface area contributed by atoms with Gasteiger partial charge in [0.15, 0.2) is 4.77 Å². The molecule has 0 aliphatic carbocycles. The van der Waals surface area contributed by atoms with Crippen LogP contribution in [0.25, 0.3) is 0 Å². The van der Waals surface area contributed by atoms with Crippen LogP contribution in [0.3, 0.4) is 0 Å². The van der Waals surface area contributed by atoms with Gasteiger partial charge in [-0.25, -0.2) is 0 Å². The van der Waals surface area contributed by atoms with E-state index >= 15 is 0 Å².